The van der Waals surface area contributed by atoms with Gasteiger partial charge in [0.2, 0.25) is 0 Å². The van der Waals surface area contributed by atoms with Crippen LogP contribution in [-0.2, 0) is 11.2 Å². The number of fused-ring (bicyclic) bond motifs is 3. The van der Waals surface area contributed by atoms with E-state index in [1.54, 1.807) is 19.3 Å². The molecule has 0 N–H and O–H groups in total. The topological polar surface area (TPSA) is 42.9 Å². The first-order chi connectivity index (χ1) is 8.75. The summed E-state index contributed by atoms with van der Waals surface area (Å²) in [5, 5.41) is 2.04. The molecule has 88 valence electrons. The molecule has 2 heterocycles. The Morgan fingerprint density at radius 2 is 1.83 bits per heavy atom. The molecule has 0 aliphatic carbocycles. The molecule has 1 aromatic carbocycles. The molecule has 0 unspecified atom stereocenters. The Labute approximate surface area is 104 Å². The van der Waals surface area contributed by atoms with Gasteiger partial charge in [-0.05, 0) is 30.7 Å². The number of hydrogen-bond donors (Lipinski definition) is 0. The van der Waals surface area contributed by atoms with E-state index in [9.17, 15) is 4.79 Å². The first-order valence-corrected chi connectivity index (χ1v) is 5.86. The summed E-state index contributed by atoms with van der Waals surface area (Å²) in [6.45, 7) is 1.61. The van der Waals surface area contributed by atoms with Gasteiger partial charge in [-0.25, -0.2) is 0 Å². The molecule has 0 atom stereocenters. The zero-order chi connectivity index (χ0) is 12.5. The molecule has 3 rings (SSSR count). The molecule has 0 aliphatic heterocycles. The number of Topliss-reactive ketones (excluding diaryl/α,β-unsaturated/α-hetero) is 1. The lowest BCUT2D eigenvalue weighted by molar-refractivity contribution is -0.116. The third-order valence-electron chi connectivity index (χ3n) is 2.99. The molecular formula is C15H12N2O. The second kappa shape index (κ2) is 4.18. The summed E-state index contributed by atoms with van der Waals surface area (Å²) in [4.78, 5) is 20.1. The van der Waals surface area contributed by atoms with Gasteiger partial charge in [0.15, 0.2) is 0 Å². The largest absolute Gasteiger partial charge is 0.300 e. The van der Waals surface area contributed by atoms with Crippen molar-refractivity contribution in [2.24, 2.45) is 0 Å². The monoisotopic (exact) mass is 236 g/mol. The highest BCUT2D eigenvalue weighted by atomic mass is 16.1. The molecule has 0 bridgehead atoms. The first-order valence-electron chi connectivity index (χ1n) is 5.86. The van der Waals surface area contributed by atoms with Gasteiger partial charge in [0.25, 0.3) is 0 Å². The zero-order valence-corrected chi connectivity index (χ0v) is 10.1. The second-order valence-corrected chi connectivity index (χ2v) is 4.39. The normalized spacial score (nSPS) is 10.9. The van der Waals surface area contributed by atoms with Crippen LogP contribution in [0.5, 0.6) is 0 Å². The molecule has 3 nitrogen and oxygen atoms in total. The minimum absolute atomic E-state index is 0.156. The fourth-order valence-electron chi connectivity index (χ4n) is 2.27. The summed E-state index contributed by atoms with van der Waals surface area (Å²) in [5.41, 5.74) is 2.78. The lowest BCUT2D eigenvalue weighted by atomic mass is 10.0. The van der Waals surface area contributed by atoms with Crippen LogP contribution in [0.1, 0.15) is 12.5 Å². The Balaban J connectivity index is 2.42. The number of rotatable bonds is 2. The molecule has 0 spiro atoms. The molecule has 0 saturated heterocycles. The van der Waals surface area contributed by atoms with E-state index in [0.717, 1.165) is 27.4 Å². The highest BCUT2D eigenvalue weighted by molar-refractivity contribution is 6.05. The number of benzene rings is 1. The summed E-state index contributed by atoms with van der Waals surface area (Å²) < 4.78 is 0. The number of hydrogen-bond acceptors (Lipinski definition) is 3. The summed E-state index contributed by atoms with van der Waals surface area (Å²) in [6.07, 6.45) is 3.96. The van der Waals surface area contributed by atoms with Crippen LogP contribution < -0.4 is 0 Å². The number of aromatic nitrogens is 2. The fraction of sp³-hybridized carbons (Fsp3) is 0.133. The standard InChI is InChI=1S/C15H12N2O/c1-10(18)8-12-9-11-4-2-6-16-14(11)15-13(12)5-3-7-17-15/h2-7,9H,8H2,1H3. The highest BCUT2D eigenvalue weighted by Gasteiger charge is 2.09. The Hall–Kier alpha value is -2.29. The van der Waals surface area contributed by atoms with E-state index < -0.39 is 0 Å². The maximum atomic E-state index is 11.4. The molecule has 0 amide bonds. The van der Waals surface area contributed by atoms with E-state index in [1.807, 2.05) is 30.3 Å². The Kier molecular flexibility index (Phi) is 2.52. The van der Waals surface area contributed by atoms with Crippen LogP contribution in [0.3, 0.4) is 0 Å². The molecule has 0 aliphatic rings. The summed E-state index contributed by atoms with van der Waals surface area (Å²) in [6, 6.07) is 9.82. The number of carbonyl (C=O) groups is 1. The molecule has 18 heavy (non-hydrogen) atoms. The smallest absolute Gasteiger partial charge is 0.134 e. The second-order valence-electron chi connectivity index (χ2n) is 4.39. The zero-order valence-electron chi connectivity index (χ0n) is 10.1. The summed E-state index contributed by atoms with van der Waals surface area (Å²) in [5.74, 6) is 0.156. The van der Waals surface area contributed by atoms with Crippen LogP contribution in [0.25, 0.3) is 21.8 Å². The minimum atomic E-state index is 0.156. The third kappa shape index (κ3) is 1.74. The molecule has 3 aromatic rings. The average Bonchev–Trinajstić information content (AvgIpc) is 2.38. The Morgan fingerprint density at radius 3 is 2.61 bits per heavy atom. The van der Waals surface area contributed by atoms with Crippen molar-refractivity contribution in [3.63, 3.8) is 0 Å². The van der Waals surface area contributed by atoms with Gasteiger partial charge in [0, 0.05) is 29.6 Å². The summed E-state index contributed by atoms with van der Waals surface area (Å²) >= 11 is 0. The van der Waals surface area contributed by atoms with Gasteiger partial charge in [-0.1, -0.05) is 12.1 Å². The lowest BCUT2D eigenvalue weighted by Gasteiger charge is -2.07. The van der Waals surface area contributed by atoms with Gasteiger partial charge < -0.3 is 0 Å². The van der Waals surface area contributed by atoms with E-state index >= 15 is 0 Å². The van der Waals surface area contributed by atoms with Crippen molar-refractivity contribution in [2.45, 2.75) is 13.3 Å². The van der Waals surface area contributed by atoms with Crippen LogP contribution in [0.4, 0.5) is 0 Å². The van der Waals surface area contributed by atoms with Gasteiger partial charge in [0.1, 0.15) is 5.78 Å². The van der Waals surface area contributed by atoms with Crippen molar-refractivity contribution in [1.29, 1.82) is 0 Å². The number of pyridine rings is 2. The van der Waals surface area contributed by atoms with E-state index in [2.05, 4.69) is 9.97 Å². The predicted octanol–water partition coefficient (Wildman–Crippen LogP) is 2.91. The molecule has 3 heteroatoms. The molecule has 0 radical (unpaired) electrons. The van der Waals surface area contributed by atoms with Gasteiger partial charge in [0.05, 0.1) is 11.0 Å². The van der Waals surface area contributed by atoms with Gasteiger partial charge >= 0.3 is 0 Å². The fourth-order valence-corrected chi connectivity index (χ4v) is 2.27. The Bertz CT molecular complexity index is 750. The van der Waals surface area contributed by atoms with Crippen molar-refractivity contribution in [3.8, 4) is 0 Å². The van der Waals surface area contributed by atoms with Crippen molar-refractivity contribution in [1.82, 2.24) is 9.97 Å². The number of nitrogens with zero attached hydrogens (tertiary/aromatic N) is 2. The Morgan fingerprint density at radius 1 is 1.11 bits per heavy atom. The van der Waals surface area contributed by atoms with Crippen LogP contribution in [-0.4, -0.2) is 15.8 Å². The molecule has 2 aromatic heterocycles. The van der Waals surface area contributed by atoms with E-state index in [0.29, 0.717) is 6.42 Å². The van der Waals surface area contributed by atoms with Crippen LogP contribution in [0.2, 0.25) is 0 Å². The van der Waals surface area contributed by atoms with Crippen LogP contribution in [0, 0.1) is 0 Å². The number of ketones is 1. The molecular weight excluding hydrogens is 224 g/mol. The molecule has 0 saturated carbocycles. The average molecular weight is 236 g/mol. The molecule has 0 fully saturated rings. The summed E-state index contributed by atoms with van der Waals surface area (Å²) in [7, 11) is 0. The van der Waals surface area contributed by atoms with Crippen molar-refractivity contribution < 1.29 is 4.79 Å². The SMILES string of the molecule is CC(=O)Cc1cc2cccnc2c2ncccc12. The highest BCUT2D eigenvalue weighted by Crippen LogP contribution is 2.25. The van der Waals surface area contributed by atoms with Crippen molar-refractivity contribution in [3.05, 3.63) is 48.3 Å². The maximum Gasteiger partial charge on any atom is 0.134 e. The third-order valence-corrected chi connectivity index (χ3v) is 2.99. The van der Waals surface area contributed by atoms with Crippen molar-refractivity contribution in [2.75, 3.05) is 0 Å². The first kappa shape index (κ1) is 10.8. The van der Waals surface area contributed by atoms with Crippen molar-refractivity contribution >= 4 is 27.6 Å². The quantitative estimate of drug-likeness (QED) is 0.642. The predicted molar refractivity (Wildman–Crippen MR) is 71.4 cm³/mol. The van der Waals surface area contributed by atoms with E-state index in [4.69, 9.17) is 0 Å². The maximum absolute atomic E-state index is 11.4. The lowest BCUT2D eigenvalue weighted by Crippen LogP contribution is -1.98. The minimum Gasteiger partial charge on any atom is -0.300 e. The van der Waals surface area contributed by atoms with E-state index in [1.165, 1.54) is 0 Å². The van der Waals surface area contributed by atoms with Gasteiger partial charge in [-0.15, -0.1) is 0 Å². The van der Waals surface area contributed by atoms with Gasteiger partial charge in [-0.2, -0.15) is 0 Å². The number of carbonyl (C=O) groups excluding carboxylic acids is 1. The van der Waals surface area contributed by atoms with Crippen LogP contribution in [0.15, 0.2) is 42.7 Å². The van der Waals surface area contributed by atoms with E-state index in [-0.39, 0.29) is 5.78 Å². The van der Waals surface area contributed by atoms with Gasteiger partial charge in [-0.3, -0.25) is 14.8 Å². The van der Waals surface area contributed by atoms with Crippen LogP contribution >= 0.6 is 0 Å².